The van der Waals surface area contributed by atoms with Crippen molar-refractivity contribution in [2.75, 3.05) is 55.4 Å². The minimum absolute atomic E-state index is 0.277. The number of hydrogen-bond donors (Lipinski definition) is 2. The van der Waals surface area contributed by atoms with Crippen molar-refractivity contribution in [3.8, 4) is 5.75 Å². The maximum Gasteiger partial charge on any atom is 0.323 e. The van der Waals surface area contributed by atoms with Gasteiger partial charge in [-0.2, -0.15) is 4.37 Å². The molecule has 1 aliphatic heterocycles. The van der Waals surface area contributed by atoms with E-state index >= 15 is 0 Å². The van der Waals surface area contributed by atoms with Crippen LogP contribution in [0.5, 0.6) is 5.75 Å². The first-order chi connectivity index (χ1) is 17.2. The van der Waals surface area contributed by atoms with Crippen LogP contribution in [0.3, 0.4) is 0 Å². The van der Waals surface area contributed by atoms with E-state index in [-0.39, 0.29) is 6.03 Å². The SMILES string of the molecule is COc1cccc(NC(=O)Nc2cccc(CCN3CCN(c4nsc5ccccc45)CC3)c2)c1. The van der Waals surface area contributed by atoms with Crippen LogP contribution in [0.2, 0.25) is 0 Å². The number of methoxy groups -OCH3 is 1. The number of rotatable bonds is 7. The Balaban J connectivity index is 1.11. The van der Waals surface area contributed by atoms with Crippen molar-refractivity contribution in [2.24, 2.45) is 0 Å². The Morgan fingerprint density at radius 2 is 1.69 bits per heavy atom. The quantitative estimate of drug-likeness (QED) is 0.370. The third kappa shape index (κ3) is 5.72. The summed E-state index contributed by atoms with van der Waals surface area (Å²) in [4.78, 5) is 17.3. The molecule has 0 aliphatic carbocycles. The molecule has 4 aromatic rings. The number of amides is 2. The van der Waals surface area contributed by atoms with Crippen LogP contribution in [-0.4, -0.2) is 55.1 Å². The lowest BCUT2D eigenvalue weighted by Gasteiger charge is -2.35. The van der Waals surface area contributed by atoms with Gasteiger partial charge in [0.15, 0.2) is 0 Å². The second-order valence-corrected chi connectivity index (χ2v) is 9.40. The molecule has 0 saturated carbocycles. The minimum atomic E-state index is -0.277. The van der Waals surface area contributed by atoms with Crippen LogP contribution in [0.1, 0.15) is 5.56 Å². The molecule has 35 heavy (non-hydrogen) atoms. The summed E-state index contributed by atoms with van der Waals surface area (Å²) >= 11 is 1.58. The topological polar surface area (TPSA) is 69.7 Å². The van der Waals surface area contributed by atoms with Gasteiger partial charge in [-0.3, -0.25) is 4.90 Å². The van der Waals surface area contributed by atoms with Crippen LogP contribution in [0.4, 0.5) is 22.0 Å². The van der Waals surface area contributed by atoms with Crippen molar-refractivity contribution >= 4 is 44.8 Å². The lowest BCUT2D eigenvalue weighted by Crippen LogP contribution is -2.47. The van der Waals surface area contributed by atoms with Crippen molar-refractivity contribution in [1.29, 1.82) is 0 Å². The maximum atomic E-state index is 12.4. The molecule has 0 unspecified atom stereocenters. The van der Waals surface area contributed by atoms with Gasteiger partial charge in [0, 0.05) is 55.6 Å². The summed E-state index contributed by atoms with van der Waals surface area (Å²) in [6.07, 6.45) is 0.937. The number of carbonyl (C=O) groups excluding carboxylic acids is 1. The Labute approximate surface area is 209 Å². The molecule has 1 fully saturated rings. The van der Waals surface area contributed by atoms with E-state index in [0.29, 0.717) is 11.4 Å². The molecule has 0 spiro atoms. The second-order valence-electron chi connectivity index (χ2n) is 8.59. The molecule has 0 atom stereocenters. The Hall–Kier alpha value is -3.62. The van der Waals surface area contributed by atoms with Crippen LogP contribution in [0.25, 0.3) is 10.1 Å². The molecule has 5 rings (SSSR count). The molecule has 8 heteroatoms. The zero-order valence-electron chi connectivity index (χ0n) is 19.7. The molecule has 1 saturated heterocycles. The minimum Gasteiger partial charge on any atom is -0.497 e. The first kappa shape index (κ1) is 23.1. The fraction of sp³-hybridized carbons (Fsp3) is 0.259. The number of hydrogen-bond acceptors (Lipinski definition) is 6. The van der Waals surface area contributed by atoms with Crippen molar-refractivity contribution in [1.82, 2.24) is 9.27 Å². The molecule has 1 aliphatic rings. The van der Waals surface area contributed by atoms with E-state index in [9.17, 15) is 4.79 Å². The standard InChI is InChI=1S/C27H29N5O2S/c1-34-23-9-5-8-22(19-23)29-27(33)28-21-7-4-6-20(18-21)12-13-31-14-16-32(17-15-31)26-24-10-2-3-11-25(24)35-30-26/h2-11,18-19H,12-17H2,1H3,(H2,28,29,33). The number of aromatic nitrogens is 1. The molecule has 2 N–H and O–H groups in total. The Bertz CT molecular complexity index is 1300. The van der Waals surface area contributed by atoms with Gasteiger partial charge in [-0.15, -0.1) is 0 Å². The normalized spacial score (nSPS) is 14.1. The van der Waals surface area contributed by atoms with Gasteiger partial charge < -0.3 is 20.3 Å². The third-order valence-corrected chi connectivity index (χ3v) is 7.08. The molecular formula is C27H29N5O2S. The summed E-state index contributed by atoms with van der Waals surface area (Å²) in [7, 11) is 1.60. The van der Waals surface area contributed by atoms with Crippen molar-refractivity contribution in [2.45, 2.75) is 6.42 Å². The highest BCUT2D eigenvalue weighted by molar-refractivity contribution is 7.13. The van der Waals surface area contributed by atoms with Crippen molar-refractivity contribution in [3.05, 3.63) is 78.4 Å². The molecular weight excluding hydrogens is 458 g/mol. The summed E-state index contributed by atoms with van der Waals surface area (Å²) in [6, 6.07) is 23.5. The number of benzene rings is 3. The van der Waals surface area contributed by atoms with Crippen LogP contribution in [0.15, 0.2) is 72.8 Å². The molecule has 0 radical (unpaired) electrons. The summed E-state index contributed by atoms with van der Waals surface area (Å²) in [5.41, 5.74) is 2.67. The number of nitrogens with zero attached hydrogens (tertiary/aromatic N) is 3. The zero-order chi connectivity index (χ0) is 24.0. The number of urea groups is 1. The van der Waals surface area contributed by atoms with Gasteiger partial charge in [-0.1, -0.05) is 30.3 Å². The fourth-order valence-electron chi connectivity index (χ4n) is 4.37. The summed E-state index contributed by atoms with van der Waals surface area (Å²) in [5, 5.41) is 7.03. The first-order valence-corrected chi connectivity index (χ1v) is 12.6. The van der Waals surface area contributed by atoms with Crippen molar-refractivity contribution in [3.63, 3.8) is 0 Å². The lowest BCUT2D eigenvalue weighted by atomic mass is 10.1. The number of nitrogens with one attached hydrogen (secondary N) is 2. The first-order valence-electron chi connectivity index (χ1n) is 11.8. The highest BCUT2D eigenvalue weighted by Gasteiger charge is 2.20. The lowest BCUT2D eigenvalue weighted by molar-refractivity contribution is 0.260. The predicted molar refractivity (Wildman–Crippen MR) is 144 cm³/mol. The molecule has 0 bridgehead atoms. The third-order valence-electron chi connectivity index (χ3n) is 6.26. The zero-order valence-corrected chi connectivity index (χ0v) is 20.6. The van der Waals surface area contributed by atoms with E-state index in [4.69, 9.17) is 9.11 Å². The number of anilines is 3. The van der Waals surface area contributed by atoms with Crippen molar-refractivity contribution < 1.29 is 9.53 Å². The second kappa shape index (κ2) is 10.8. The average molecular weight is 488 g/mol. The van der Waals surface area contributed by atoms with Gasteiger partial charge in [0.1, 0.15) is 11.6 Å². The van der Waals surface area contributed by atoms with Gasteiger partial charge in [-0.05, 0) is 59.9 Å². The van der Waals surface area contributed by atoms with Gasteiger partial charge in [0.2, 0.25) is 0 Å². The van der Waals surface area contributed by atoms with E-state index in [0.717, 1.165) is 50.6 Å². The number of fused-ring (bicyclic) bond motifs is 1. The summed E-state index contributed by atoms with van der Waals surface area (Å²) < 4.78 is 11.2. The molecule has 3 aromatic carbocycles. The van der Waals surface area contributed by atoms with Crippen LogP contribution in [-0.2, 0) is 6.42 Å². The Morgan fingerprint density at radius 3 is 2.49 bits per heavy atom. The van der Waals surface area contributed by atoms with E-state index in [1.165, 1.54) is 15.6 Å². The van der Waals surface area contributed by atoms with Crippen LogP contribution >= 0.6 is 11.5 Å². The van der Waals surface area contributed by atoms with E-state index in [2.05, 4.69) is 50.8 Å². The van der Waals surface area contributed by atoms with Gasteiger partial charge in [-0.25, -0.2) is 4.79 Å². The summed E-state index contributed by atoms with van der Waals surface area (Å²) in [6.45, 7) is 5.00. The van der Waals surface area contributed by atoms with Crippen LogP contribution < -0.4 is 20.3 Å². The van der Waals surface area contributed by atoms with Gasteiger partial charge in [0.05, 0.1) is 11.8 Å². The molecule has 2 heterocycles. The largest absolute Gasteiger partial charge is 0.497 e. The molecule has 180 valence electrons. The number of ether oxygens (including phenoxy) is 1. The predicted octanol–water partition coefficient (Wildman–Crippen LogP) is 5.31. The Kier molecular flexibility index (Phi) is 7.11. The van der Waals surface area contributed by atoms with Crippen LogP contribution in [0, 0.1) is 0 Å². The molecule has 2 amide bonds. The van der Waals surface area contributed by atoms with Gasteiger partial charge in [0.25, 0.3) is 0 Å². The van der Waals surface area contributed by atoms with E-state index in [1.807, 2.05) is 36.4 Å². The highest BCUT2D eigenvalue weighted by Crippen LogP contribution is 2.29. The number of carbonyl (C=O) groups is 1. The monoisotopic (exact) mass is 487 g/mol. The fourth-order valence-corrected chi connectivity index (χ4v) is 5.17. The highest BCUT2D eigenvalue weighted by atomic mass is 32.1. The molecule has 7 nitrogen and oxygen atoms in total. The Morgan fingerprint density at radius 1 is 0.943 bits per heavy atom. The van der Waals surface area contributed by atoms with E-state index in [1.54, 1.807) is 24.7 Å². The molecule has 1 aromatic heterocycles. The number of piperazine rings is 1. The average Bonchev–Trinajstić information content (AvgIpc) is 3.32. The van der Waals surface area contributed by atoms with E-state index < -0.39 is 0 Å². The van der Waals surface area contributed by atoms with Gasteiger partial charge >= 0.3 is 6.03 Å². The smallest absolute Gasteiger partial charge is 0.323 e. The summed E-state index contributed by atoms with van der Waals surface area (Å²) in [5.74, 6) is 1.82. The maximum absolute atomic E-state index is 12.4.